The molecule has 210 valence electrons. The normalized spacial score (nSPS) is 13.3. The van der Waals surface area contributed by atoms with Crippen LogP contribution in [0.25, 0.3) is 11.1 Å². The molecule has 10 heteroatoms. The molecule has 1 unspecified atom stereocenters. The smallest absolute Gasteiger partial charge is 0.344 e. The maximum Gasteiger partial charge on any atom is 0.416 e. The number of aliphatic imine (C=N–C) groups is 1. The third kappa shape index (κ3) is 8.33. The Balaban J connectivity index is 1.85. The molecule has 39 heavy (non-hydrogen) atoms. The number of benzene rings is 2. The van der Waals surface area contributed by atoms with Crippen molar-refractivity contribution < 1.29 is 18.0 Å². The van der Waals surface area contributed by atoms with Crippen molar-refractivity contribution >= 4 is 34.8 Å². The van der Waals surface area contributed by atoms with Gasteiger partial charge in [0.2, 0.25) is 0 Å². The van der Waals surface area contributed by atoms with Crippen LogP contribution in [0, 0.1) is 19.3 Å². The third-order valence-corrected chi connectivity index (χ3v) is 8.66. The second-order valence-electron chi connectivity index (χ2n) is 10.6. The molecule has 1 heterocycles. The standard InChI is InChI=1S/C29H35F3N4OS2/c1-17-13-21(14-18(2)26(17)19-7-9-20(10-8-19)29(30,31)32)38-24(15-28(3,4)5)22-11-12-23(39-22)27(37)35-16-25(34-6)36-33/h7-14,24H,15-16,33H2,1-6H3,(H,34,36)(H,35,37). The Hall–Kier alpha value is -2.82. The van der Waals surface area contributed by atoms with Gasteiger partial charge in [-0.1, -0.05) is 32.9 Å². The van der Waals surface area contributed by atoms with Gasteiger partial charge in [-0.15, -0.1) is 23.1 Å². The van der Waals surface area contributed by atoms with Crippen LogP contribution in [0.15, 0.2) is 58.4 Å². The van der Waals surface area contributed by atoms with Crippen LogP contribution < -0.4 is 16.6 Å². The maximum absolute atomic E-state index is 13.0. The zero-order valence-corrected chi connectivity index (χ0v) is 24.6. The number of amides is 1. The summed E-state index contributed by atoms with van der Waals surface area (Å²) in [7, 11) is 1.60. The van der Waals surface area contributed by atoms with Crippen LogP contribution in [0.4, 0.5) is 13.2 Å². The number of nitrogens with two attached hydrogens (primary N) is 1. The Morgan fingerprint density at radius 2 is 1.67 bits per heavy atom. The summed E-state index contributed by atoms with van der Waals surface area (Å²) in [5.41, 5.74) is 5.55. The minimum absolute atomic E-state index is 0.0492. The first-order valence-corrected chi connectivity index (χ1v) is 14.2. The number of halogens is 3. The molecule has 0 aliphatic carbocycles. The summed E-state index contributed by atoms with van der Waals surface area (Å²) < 4.78 is 39.1. The Kier molecular flexibility index (Phi) is 9.90. The molecule has 3 aromatic rings. The zero-order valence-electron chi connectivity index (χ0n) is 23.0. The van der Waals surface area contributed by atoms with Crippen LogP contribution in [-0.2, 0) is 6.18 Å². The largest absolute Gasteiger partial charge is 0.416 e. The van der Waals surface area contributed by atoms with Crippen LogP contribution in [0.2, 0.25) is 0 Å². The van der Waals surface area contributed by atoms with Crippen LogP contribution in [-0.4, -0.2) is 25.3 Å². The lowest BCUT2D eigenvalue weighted by Gasteiger charge is -2.25. The van der Waals surface area contributed by atoms with Crippen LogP contribution in [0.3, 0.4) is 0 Å². The van der Waals surface area contributed by atoms with Gasteiger partial charge in [0.15, 0.2) is 0 Å². The number of thiophene rings is 1. The summed E-state index contributed by atoms with van der Waals surface area (Å²) in [5, 5.41) is 2.94. The number of hydrazine groups is 1. The Morgan fingerprint density at radius 1 is 1.05 bits per heavy atom. The lowest BCUT2D eigenvalue weighted by molar-refractivity contribution is -0.137. The molecule has 0 fully saturated rings. The first kappa shape index (κ1) is 30.7. The first-order valence-electron chi connectivity index (χ1n) is 12.5. The molecular formula is C29H35F3N4OS2. The zero-order chi connectivity index (χ0) is 29.0. The molecule has 0 bridgehead atoms. The van der Waals surface area contributed by atoms with E-state index < -0.39 is 11.7 Å². The van der Waals surface area contributed by atoms with Crippen LogP contribution in [0.1, 0.15) is 63.7 Å². The van der Waals surface area contributed by atoms with Crippen molar-refractivity contribution in [2.24, 2.45) is 16.3 Å². The van der Waals surface area contributed by atoms with E-state index >= 15 is 0 Å². The number of nitrogens with one attached hydrogen (secondary N) is 2. The monoisotopic (exact) mass is 576 g/mol. The van der Waals surface area contributed by atoms with Crippen molar-refractivity contribution in [3.05, 3.63) is 75.0 Å². The van der Waals surface area contributed by atoms with E-state index in [2.05, 4.69) is 48.6 Å². The summed E-state index contributed by atoms with van der Waals surface area (Å²) in [6, 6.07) is 13.4. The molecule has 4 N–H and O–H groups in total. The van der Waals surface area contributed by atoms with E-state index in [1.807, 2.05) is 26.0 Å². The third-order valence-electron chi connectivity index (χ3n) is 6.10. The summed E-state index contributed by atoms with van der Waals surface area (Å²) >= 11 is 3.21. The summed E-state index contributed by atoms with van der Waals surface area (Å²) in [5.74, 6) is 5.69. The molecule has 0 radical (unpaired) electrons. The number of hydrogen-bond acceptors (Lipinski definition) is 5. The predicted molar refractivity (Wildman–Crippen MR) is 156 cm³/mol. The summed E-state index contributed by atoms with van der Waals surface area (Å²) in [6.07, 6.45) is -3.47. The van der Waals surface area contributed by atoms with Crippen molar-refractivity contribution in [2.75, 3.05) is 13.6 Å². The van der Waals surface area contributed by atoms with Gasteiger partial charge in [-0.05, 0) is 84.3 Å². The van der Waals surface area contributed by atoms with Gasteiger partial charge in [-0.25, -0.2) is 5.84 Å². The molecule has 1 amide bonds. The number of amidine groups is 1. The van der Waals surface area contributed by atoms with Crippen molar-refractivity contribution in [3.8, 4) is 11.1 Å². The maximum atomic E-state index is 13.0. The van der Waals surface area contributed by atoms with Crippen molar-refractivity contribution in [1.82, 2.24) is 10.7 Å². The van der Waals surface area contributed by atoms with Gasteiger partial charge >= 0.3 is 6.18 Å². The molecule has 0 aliphatic rings. The molecule has 0 spiro atoms. The Labute approximate surface area is 236 Å². The van der Waals surface area contributed by atoms with Crippen LogP contribution >= 0.6 is 23.1 Å². The minimum atomic E-state index is -4.36. The van der Waals surface area contributed by atoms with Gasteiger partial charge in [0.25, 0.3) is 5.91 Å². The fraction of sp³-hybridized carbons (Fsp3) is 0.379. The number of hydrogen-bond donors (Lipinski definition) is 3. The number of carbonyl (C=O) groups is 1. The van der Waals surface area contributed by atoms with Gasteiger partial charge < -0.3 is 10.7 Å². The summed E-state index contributed by atoms with van der Waals surface area (Å²) in [4.78, 5) is 19.5. The molecule has 2 aromatic carbocycles. The van der Waals surface area contributed by atoms with Gasteiger partial charge in [0.1, 0.15) is 5.84 Å². The highest BCUT2D eigenvalue weighted by Gasteiger charge is 2.30. The fourth-order valence-electron chi connectivity index (χ4n) is 4.29. The van der Waals surface area contributed by atoms with Gasteiger partial charge in [-0.3, -0.25) is 9.79 Å². The van der Waals surface area contributed by atoms with E-state index in [0.29, 0.717) is 10.7 Å². The highest BCUT2D eigenvalue weighted by Crippen LogP contribution is 2.46. The van der Waals surface area contributed by atoms with E-state index in [9.17, 15) is 18.0 Å². The molecule has 1 atom stereocenters. The van der Waals surface area contributed by atoms with Gasteiger partial charge in [-0.2, -0.15) is 13.2 Å². The first-order chi connectivity index (χ1) is 18.2. The van der Waals surface area contributed by atoms with Crippen molar-refractivity contribution in [1.29, 1.82) is 0 Å². The molecular weight excluding hydrogens is 541 g/mol. The fourth-order valence-corrected chi connectivity index (χ4v) is 7.08. The molecule has 0 saturated heterocycles. The highest BCUT2D eigenvalue weighted by atomic mass is 32.2. The predicted octanol–water partition coefficient (Wildman–Crippen LogP) is 7.54. The van der Waals surface area contributed by atoms with Crippen LogP contribution in [0.5, 0.6) is 0 Å². The lowest BCUT2D eigenvalue weighted by atomic mass is 9.90. The molecule has 1 aromatic heterocycles. The molecule has 0 aliphatic heterocycles. The SMILES string of the molecule is CN=C(CNC(=O)c1ccc(C(CC(C)(C)C)Sc2cc(C)c(-c3ccc(C(F)(F)F)cc3)c(C)c2)s1)NN. The van der Waals surface area contributed by atoms with Gasteiger partial charge in [0.05, 0.1) is 17.0 Å². The quantitative estimate of drug-likeness (QED) is 0.0851. The van der Waals surface area contributed by atoms with E-state index in [4.69, 9.17) is 5.84 Å². The van der Waals surface area contributed by atoms with E-state index in [1.165, 1.54) is 23.5 Å². The second kappa shape index (κ2) is 12.6. The van der Waals surface area contributed by atoms with E-state index in [0.717, 1.165) is 50.6 Å². The molecule has 0 saturated carbocycles. The minimum Gasteiger partial charge on any atom is -0.344 e. The average molecular weight is 577 g/mol. The van der Waals surface area contributed by atoms with E-state index in [-0.39, 0.29) is 23.1 Å². The highest BCUT2D eigenvalue weighted by molar-refractivity contribution is 7.99. The Bertz CT molecular complexity index is 1300. The number of rotatable bonds is 8. The van der Waals surface area contributed by atoms with Crippen molar-refractivity contribution in [3.63, 3.8) is 0 Å². The lowest BCUT2D eigenvalue weighted by Crippen LogP contribution is -2.40. The summed E-state index contributed by atoms with van der Waals surface area (Å²) in [6.45, 7) is 10.8. The van der Waals surface area contributed by atoms with Gasteiger partial charge in [0, 0.05) is 22.1 Å². The topological polar surface area (TPSA) is 79.5 Å². The molecule has 3 rings (SSSR count). The second-order valence-corrected chi connectivity index (χ2v) is 13.0. The number of nitrogens with zero attached hydrogens (tertiary/aromatic N) is 1. The number of aryl methyl sites for hydroxylation is 2. The Morgan fingerprint density at radius 3 is 2.18 bits per heavy atom. The number of alkyl halides is 3. The van der Waals surface area contributed by atoms with E-state index in [1.54, 1.807) is 18.8 Å². The number of thioether (sulfide) groups is 1. The number of carbonyl (C=O) groups excluding carboxylic acids is 1. The average Bonchev–Trinajstić information content (AvgIpc) is 3.33. The van der Waals surface area contributed by atoms with Crippen molar-refractivity contribution in [2.45, 2.75) is 57.4 Å². The molecule has 5 nitrogen and oxygen atoms in total.